The standard InChI is InChI=1S/C14H30N2O/c1-14(2,3)12-6-5-8-16(9-7-12)10-13(11-17)15-4/h12-13,15,17H,5-11H2,1-4H3. The molecular formula is C14H30N2O. The molecule has 3 nitrogen and oxygen atoms in total. The molecule has 1 fully saturated rings. The third-order valence-electron chi connectivity index (χ3n) is 4.15. The van der Waals surface area contributed by atoms with Crippen LogP contribution in [0.5, 0.6) is 0 Å². The van der Waals surface area contributed by atoms with Crippen molar-refractivity contribution >= 4 is 0 Å². The maximum absolute atomic E-state index is 9.22. The number of hydrogen-bond donors (Lipinski definition) is 2. The van der Waals surface area contributed by atoms with Gasteiger partial charge in [0.1, 0.15) is 0 Å². The summed E-state index contributed by atoms with van der Waals surface area (Å²) in [6.07, 6.45) is 3.94. The number of nitrogens with one attached hydrogen (secondary N) is 1. The molecule has 0 aliphatic carbocycles. The molecule has 0 bridgehead atoms. The average molecular weight is 242 g/mol. The molecule has 3 heteroatoms. The van der Waals surface area contributed by atoms with Crippen LogP contribution in [-0.4, -0.2) is 49.3 Å². The fourth-order valence-electron chi connectivity index (χ4n) is 2.76. The van der Waals surface area contributed by atoms with E-state index in [1.807, 2.05) is 7.05 Å². The normalized spacial score (nSPS) is 25.6. The van der Waals surface area contributed by atoms with Gasteiger partial charge in [-0.05, 0) is 50.7 Å². The van der Waals surface area contributed by atoms with Crippen LogP contribution >= 0.6 is 0 Å². The summed E-state index contributed by atoms with van der Waals surface area (Å²) in [7, 11) is 1.93. The summed E-state index contributed by atoms with van der Waals surface area (Å²) >= 11 is 0. The zero-order valence-electron chi connectivity index (χ0n) is 12.0. The van der Waals surface area contributed by atoms with Gasteiger partial charge in [-0.25, -0.2) is 0 Å². The van der Waals surface area contributed by atoms with Crippen LogP contribution in [0, 0.1) is 11.3 Å². The molecule has 0 aromatic heterocycles. The fraction of sp³-hybridized carbons (Fsp3) is 1.00. The van der Waals surface area contributed by atoms with Gasteiger partial charge in [-0.2, -0.15) is 0 Å². The van der Waals surface area contributed by atoms with Gasteiger partial charge in [0.2, 0.25) is 0 Å². The van der Waals surface area contributed by atoms with Gasteiger partial charge >= 0.3 is 0 Å². The van der Waals surface area contributed by atoms with E-state index in [0.29, 0.717) is 5.41 Å². The number of hydrogen-bond acceptors (Lipinski definition) is 3. The van der Waals surface area contributed by atoms with Gasteiger partial charge in [-0.3, -0.25) is 0 Å². The molecule has 0 amide bonds. The van der Waals surface area contributed by atoms with Crippen molar-refractivity contribution in [2.24, 2.45) is 11.3 Å². The van der Waals surface area contributed by atoms with E-state index in [1.165, 1.54) is 32.4 Å². The van der Waals surface area contributed by atoms with Gasteiger partial charge in [0, 0.05) is 12.6 Å². The minimum atomic E-state index is 0.223. The van der Waals surface area contributed by atoms with E-state index in [2.05, 4.69) is 31.0 Å². The lowest BCUT2D eigenvalue weighted by Crippen LogP contribution is -2.42. The Morgan fingerprint density at radius 2 is 2.00 bits per heavy atom. The number of likely N-dealkylation sites (tertiary alicyclic amines) is 1. The van der Waals surface area contributed by atoms with Crippen molar-refractivity contribution in [3.63, 3.8) is 0 Å². The van der Waals surface area contributed by atoms with Gasteiger partial charge in [-0.1, -0.05) is 20.8 Å². The second kappa shape index (κ2) is 6.72. The van der Waals surface area contributed by atoms with Crippen molar-refractivity contribution < 1.29 is 5.11 Å². The minimum Gasteiger partial charge on any atom is -0.395 e. The lowest BCUT2D eigenvalue weighted by molar-refractivity contribution is 0.179. The molecule has 1 saturated heterocycles. The van der Waals surface area contributed by atoms with Gasteiger partial charge in [0.15, 0.2) is 0 Å². The molecule has 1 aliphatic rings. The fourth-order valence-corrected chi connectivity index (χ4v) is 2.76. The molecule has 2 unspecified atom stereocenters. The van der Waals surface area contributed by atoms with Crippen molar-refractivity contribution in [2.45, 2.75) is 46.1 Å². The highest BCUT2D eigenvalue weighted by atomic mass is 16.3. The Balaban J connectivity index is 2.42. The van der Waals surface area contributed by atoms with Crippen molar-refractivity contribution in [3.8, 4) is 0 Å². The van der Waals surface area contributed by atoms with Crippen LogP contribution in [0.3, 0.4) is 0 Å². The van der Waals surface area contributed by atoms with Crippen LogP contribution in [0.25, 0.3) is 0 Å². The molecule has 2 atom stereocenters. The molecule has 0 spiro atoms. The number of likely N-dealkylation sites (N-methyl/N-ethyl adjacent to an activating group) is 1. The largest absolute Gasteiger partial charge is 0.395 e. The van der Waals surface area contributed by atoms with Crippen molar-refractivity contribution in [1.29, 1.82) is 0 Å². The second-order valence-corrected chi connectivity index (χ2v) is 6.46. The van der Waals surface area contributed by atoms with E-state index >= 15 is 0 Å². The molecule has 1 heterocycles. The summed E-state index contributed by atoms with van der Waals surface area (Å²) < 4.78 is 0. The van der Waals surface area contributed by atoms with Gasteiger partial charge in [0.25, 0.3) is 0 Å². The first kappa shape index (κ1) is 14.9. The third-order valence-corrected chi connectivity index (χ3v) is 4.15. The van der Waals surface area contributed by atoms with Crippen molar-refractivity contribution in [2.75, 3.05) is 33.3 Å². The van der Waals surface area contributed by atoms with Gasteiger partial charge in [0.05, 0.1) is 6.61 Å². The van der Waals surface area contributed by atoms with E-state index < -0.39 is 0 Å². The van der Waals surface area contributed by atoms with Crippen LogP contribution in [-0.2, 0) is 0 Å². The molecule has 102 valence electrons. The van der Waals surface area contributed by atoms with Crippen molar-refractivity contribution in [1.82, 2.24) is 10.2 Å². The van der Waals surface area contributed by atoms with Crippen LogP contribution in [0.4, 0.5) is 0 Å². The highest BCUT2D eigenvalue weighted by Gasteiger charge is 2.27. The first-order chi connectivity index (χ1) is 7.97. The van der Waals surface area contributed by atoms with Crippen LogP contribution < -0.4 is 5.32 Å². The van der Waals surface area contributed by atoms with E-state index in [1.54, 1.807) is 0 Å². The summed E-state index contributed by atoms with van der Waals surface area (Å²) in [5.74, 6) is 0.842. The SMILES string of the molecule is CNC(CO)CN1CCCC(C(C)(C)C)CC1. The lowest BCUT2D eigenvalue weighted by Gasteiger charge is -2.30. The summed E-state index contributed by atoms with van der Waals surface area (Å²) in [6.45, 7) is 10.6. The highest BCUT2D eigenvalue weighted by Crippen LogP contribution is 2.34. The Morgan fingerprint density at radius 3 is 2.53 bits per heavy atom. The summed E-state index contributed by atoms with van der Waals surface area (Å²) in [6, 6.07) is 0.223. The van der Waals surface area contributed by atoms with E-state index in [-0.39, 0.29) is 12.6 Å². The predicted molar refractivity (Wildman–Crippen MR) is 73.2 cm³/mol. The Bertz CT molecular complexity index is 209. The second-order valence-electron chi connectivity index (χ2n) is 6.46. The average Bonchev–Trinajstić information content (AvgIpc) is 2.50. The lowest BCUT2D eigenvalue weighted by atomic mass is 9.77. The number of aliphatic hydroxyl groups is 1. The molecule has 0 aromatic rings. The third kappa shape index (κ3) is 4.94. The molecule has 0 saturated carbocycles. The quantitative estimate of drug-likeness (QED) is 0.788. The van der Waals surface area contributed by atoms with Crippen LogP contribution in [0.15, 0.2) is 0 Å². The van der Waals surface area contributed by atoms with E-state index in [9.17, 15) is 5.11 Å². The van der Waals surface area contributed by atoms with Crippen LogP contribution in [0.2, 0.25) is 0 Å². The predicted octanol–water partition coefficient (Wildman–Crippen LogP) is 1.71. The summed E-state index contributed by atoms with van der Waals surface area (Å²) in [5, 5.41) is 12.4. The minimum absolute atomic E-state index is 0.223. The molecule has 17 heavy (non-hydrogen) atoms. The highest BCUT2D eigenvalue weighted by molar-refractivity contribution is 4.80. The van der Waals surface area contributed by atoms with Crippen molar-refractivity contribution in [3.05, 3.63) is 0 Å². The van der Waals surface area contributed by atoms with Gasteiger partial charge in [-0.15, -0.1) is 0 Å². The summed E-state index contributed by atoms with van der Waals surface area (Å²) in [4.78, 5) is 2.50. The zero-order chi connectivity index (χ0) is 12.9. The number of aliphatic hydroxyl groups excluding tert-OH is 1. The maximum Gasteiger partial charge on any atom is 0.0597 e. The number of rotatable bonds is 4. The van der Waals surface area contributed by atoms with Crippen LogP contribution in [0.1, 0.15) is 40.0 Å². The van der Waals surface area contributed by atoms with E-state index in [0.717, 1.165) is 12.5 Å². The Kier molecular flexibility index (Phi) is 5.90. The summed E-state index contributed by atoms with van der Waals surface area (Å²) in [5.41, 5.74) is 0.440. The monoisotopic (exact) mass is 242 g/mol. The molecular weight excluding hydrogens is 212 g/mol. The van der Waals surface area contributed by atoms with Gasteiger partial charge < -0.3 is 15.3 Å². The molecule has 0 aromatic carbocycles. The zero-order valence-corrected chi connectivity index (χ0v) is 12.0. The Morgan fingerprint density at radius 1 is 1.29 bits per heavy atom. The Labute approximate surface area is 107 Å². The maximum atomic E-state index is 9.22. The molecule has 1 aliphatic heterocycles. The molecule has 1 rings (SSSR count). The van der Waals surface area contributed by atoms with E-state index in [4.69, 9.17) is 0 Å². The topological polar surface area (TPSA) is 35.5 Å². The first-order valence-electron chi connectivity index (χ1n) is 6.98. The first-order valence-corrected chi connectivity index (χ1v) is 6.98. The molecule has 0 radical (unpaired) electrons. The Hall–Kier alpha value is -0.120. The molecule has 2 N–H and O–H groups in total. The smallest absolute Gasteiger partial charge is 0.0597 e. The number of nitrogens with zero attached hydrogens (tertiary/aromatic N) is 1.